The Hall–Kier alpha value is -1.18. The molecule has 2 saturated heterocycles. The second-order valence-electron chi connectivity index (χ2n) is 15.7. The minimum Gasteiger partial charge on any atom is -0.461 e. The number of morpholine rings is 1. The first kappa shape index (κ1) is 29.9. The fraction of sp³-hybridized carbons (Fsp3) is 0.941. The smallest absolute Gasteiger partial charge is 0.303 e. The molecule has 0 bridgehead atoms. The van der Waals surface area contributed by atoms with Gasteiger partial charge in [-0.25, -0.2) is 0 Å². The van der Waals surface area contributed by atoms with Crippen molar-refractivity contribution < 1.29 is 28.3 Å². The molecule has 0 aromatic heterocycles. The van der Waals surface area contributed by atoms with Gasteiger partial charge in [0, 0.05) is 44.8 Å². The van der Waals surface area contributed by atoms with Crippen LogP contribution in [-0.2, 0) is 23.8 Å². The van der Waals surface area contributed by atoms with Crippen LogP contribution in [0.3, 0.4) is 0 Å². The van der Waals surface area contributed by atoms with E-state index in [9.17, 15) is 9.59 Å². The summed E-state index contributed by atoms with van der Waals surface area (Å²) in [5, 5.41) is 0. The first-order valence-electron chi connectivity index (χ1n) is 17.1. The van der Waals surface area contributed by atoms with E-state index < -0.39 is 0 Å². The minimum absolute atomic E-state index is 0.00854. The lowest BCUT2D eigenvalue weighted by atomic mass is 9.44. The van der Waals surface area contributed by atoms with E-state index in [1.807, 2.05) is 0 Å². The van der Waals surface area contributed by atoms with Crippen LogP contribution in [0.1, 0.15) is 98.3 Å². The number of nitrogens with zero attached hydrogens (tertiary/aromatic N) is 2. The van der Waals surface area contributed by atoms with Crippen molar-refractivity contribution in [3.05, 3.63) is 0 Å². The Bertz CT molecular complexity index is 974. The van der Waals surface area contributed by atoms with Crippen molar-refractivity contribution in [2.24, 2.45) is 34.5 Å². The van der Waals surface area contributed by atoms with Crippen LogP contribution in [0.25, 0.3) is 0 Å². The fourth-order valence-corrected chi connectivity index (χ4v) is 11.6. The molecule has 7 nitrogen and oxygen atoms in total. The van der Waals surface area contributed by atoms with Gasteiger partial charge in [-0.15, -0.1) is 0 Å². The number of ether oxygens (including phenoxy) is 3. The summed E-state index contributed by atoms with van der Waals surface area (Å²) in [7, 11) is 2.48. The Morgan fingerprint density at radius 1 is 0.854 bits per heavy atom. The lowest BCUT2D eigenvalue weighted by molar-refractivity contribution is -0.935. The van der Waals surface area contributed by atoms with Crippen molar-refractivity contribution in [3.63, 3.8) is 0 Å². The maximum Gasteiger partial charge on any atom is 0.303 e. The molecule has 4 saturated carbocycles. The third kappa shape index (κ3) is 5.28. The Balaban J connectivity index is 1.29. The van der Waals surface area contributed by atoms with Crippen LogP contribution in [0, 0.1) is 34.5 Å². The zero-order valence-electron chi connectivity index (χ0n) is 26.6. The van der Waals surface area contributed by atoms with E-state index in [1.54, 1.807) is 13.8 Å². The fourth-order valence-electron chi connectivity index (χ4n) is 11.6. The van der Waals surface area contributed by atoms with Crippen molar-refractivity contribution in [3.8, 4) is 0 Å². The molecule has 6 fully saturated rings. The van der Waals surface area contributed by atoms with Crippen LogP contribution in [0.4, 0.5) is 0 Å². The molecule has 3 unspecified atom stereocenters. The van der Waals surface area contributed by atoms with E-state index in [2.05, 4.69) is 25.8 Å². The van der Waals surface area contributed by atoms with Gasteiger partial charge in [0.1, 0.15) is 12.1 Å². The lowest BCUT2D eigenvalue weighted by Crippen LogP contribution is -2.61. The Morgan fingerprint density at radius 2 is 1.54 bits per heavy atom. The predicted octanol–water partition coefficient (Wildman–Crippen LogP) is 5.20. The number of likely N-dealkylation sites (tertiary alicyclic amines) is 1. The maximum atomic E-state index is 12.6. The van der Waals surface area contributed by atoms with E-state index in [0.717, 1.165) is 50.0 Å². The Morgan fingerprint density at radius 3 is 2.20 bits per heavy atom. The molecule has 0 amide bonds. The first-order valence-corrected chi connectivity index (χ1v) is 17.1. The molecule has 0 radical (unpaired) electrons. The van der Waals surface area contributed by atoms with E-state index in [4.69, 9.17) is 14.2 Å². The molecule has 7 heteroatoms. The summed E-state index contributed by atoms with van der Waals surface area (Å²) in [6.07, 6.45) is 13.5. The van der Waals surface area contributed by atoms with E-state index in [-0.39, 0.29) is 41.0 Å². The van der Waals surface area contributed by atoms with Crippen molar-refractivity contribution in [1.29, 1.82) is 0 Å². The second-order valence-corrected chi connectivity index (χ2v) is 15.7. The number of carbonyl (C=O) groups is 2. The van der Waals surface area contributed by atoms with Crippen LogP contribution in [0.5, 0.6) is 0 Å². The van der Waals surface area contributed by atoms with Gasteiger partial charge in [0.15, 0.2) is 6.10 Å². The maximum absolute atomic E-state index is 12.6. The number of fused-ring (bicyclic) bond motifs is 5. The number of rotatable bonds is 4. The number of likely N-dealkylation sites (N-methyl/N-ethyl adjacent to an activating group) is 1. The monoisotopic (exact) mass is 573 g/mol. The average Bonchev–Trinajstić information content (AvgIpc) is 3.06. The van der Waals surface area contributed by atoms with Crippen LogP contribution < -0.4 is 0 Å². The molecule has 0 N–H and O–H groups in total. The van der Waals surface area contributed by atoms with Crippen molar-refractivity contribution in [1.82, 2.24) is 4.90 Å². The summed E-state index contributed by atoms with van der Waals surface area (Å²) in [5.41, 5.74) is 0.312. The van der Waals surface area contributed by atoms with Crippen molar-refractivity contribution >= 4 is 11.9 Å². The molecule has 232 valence electrons. The normalized spacial score (nSPS) is 46.4. The van der Waals surface area contributed by atoms with Crippen LogP contribution >= 0.6 is 0 Å². The Kier molecular flexibility index (Phi) is 8.30. The number of carbonyl (C=O) groups excluding carboxylic acids is 2. The number of hydrogen-bond acceptors (Lipinski definition) is 6. The van der Waals surface area contributed by atoms with Gasteiger partial charge in [-0.2, -0.15) is 0 Å². The molecule has 0 spiro atoms. The highest BCUT2D eigenvalue weighted by Gasteiger charge is 2.67. The summed E-state index contributed by atoms with van der Waals surface area (Å²) in [5.74, 6) is 2.35. The average molecular weight is 574 g/mol. The molecule has 6 aliphatic rings. The summed E-state index contributed by atoms with van der Waals surface area (Å²) < 4.78 is 19.2. The van der Waals surface area contributed by atoms with Gasteiger partial charge in [-0.1, -0.05) is 13.8 Å². The van der Waals surface area contributed by atoms with Gasteiger partial charge in [-0.05, 0) is 93.3 Å². The topological polar surface area (TPSA) is 65.1 Å². The predicted molar refractivity (Wildman–Crippen MR) is 158 cm³/mol. The van der Waals surface area contributed by atoms with Crippen LogP contribution in [0.2, 0.25) is 0 Å². The summed E-state index contributed by atoms with van der Waals surface area (Å²) in [6, 6.07) is 0.694. The van der Waals surface area contributed by atoms with E-state index in [1.165, 1.54) is 64.5 Å². The first-order chi connectivity index (χ1) is 19.5. The molecule has 41 heavy (non-hydrogen) atoms. The van der Waals surface area contributed by atoms with E-state index >= 15 is 0 Å². The number of esters is 2. The van der Waals surface area contributed by atoms with E-state index in [0.29, 0.717) is 29.7 Å². The number of hydrogen-bond donors (Lipinski definition) is 0. The standard InChI is InChI=1S/C34H57N2O5/c1-23(37)40-31-20-25-10-11-26-27(34(25,4)22-29(31)35-14-18-39-19-15-35)12-13-33(3)28(26)21-30(32(33)41-24(2)38)36(5)16-8-6-7-9-17-36/h25-32H,6-22H2,1-5H3/q+1/t25-,26?,27?,28?,29-,30-,31-,32-,33-,34-/m0/s1. The van der Waals surface area contributed by atoms with Crippen LogP contribution in [0.15, 0.2) is 0 Å². The molecule has 10 atom stereocenters. The zero-order valence-corrected chi connectivity index (χ0v) is 26.6. The number of quaternary nitrogens is 1. The Labute approximate surface area is 248 Å². The van der Waals surface area contributed by atoms with Gasteiger partial charge < -0.3 is 18.7 Å². The van der Waals surface area contributed by atoms with Gasteiger partial charge >= 0.3 is 11.9 Å². The van der Waals surface area contributed by atoms with Crippen LogP contribution in [-0.4, -0.2) is 92.1 Å². The highest BCUT2D eigenvalue weighted by atomic mass is 16.5. The van der Waals surface area contributed by atoms with Crippen molar-refractivity contribution in [2.45, 2.75) is 123 Å². The summed E-state index contributed by atoms with van der Waals surface area (Å²) >= 11 is 0. The molecule has 4 aliphatic carbocycles. The summed E-state index contributed by atoms with van der Waals surface area (Å²) in [6.45, 7) is 14.1. The minimum atomic E-state index is -0.141. The van der Waals surface area contributed by atoms with Gasteiger partial charge in [-0.3, -0.25) is 14.5 Å². The highest BCUT2D eigenvalue weighted by molar-refractivity contribution is 5.66. The highest BCUT2D eigenvalue weighted by Crippen LogP contribution is 2.67. The largest absolute Gasteiger partial charge is 0.461 e. The third-order valence-corrected chi connectivity index (χ3v) is 13.6. The molecule has 2 aliphatic heterocycles. The molecule has 2 heterocycles. The summed E-state index contributed by atoms with van der Waals surface area (Å²) in [4.78, 5) is 27.3. The van der Waals surface area contributed by atoms with Crippen molar-refractivity contribution in [2.75, 3.05) is 46.4 Å². The molecular weight excluding hydrogens is 516 g/mol. The third-order valence-electron chi connectivity index (χ3n) is 13.6. The molecular formula is C34H57N2O5+. The second kappa shape index (κ2) is 11.4. The lowest BCUT2D eigenvalue weighted by Gasteiger charge is -2.62. The van der Waals surface area contributed by atoms with Gasteiger partial charge in [0.05, 0.1) is 33.4 Å². The zero-order chi connectivity index (χ0) is 29.0. The SMILES string of the molecule is CC(=O)O[C@H]1C[C@@H]2CCC3C4C[C@H]([N+]5(C)CCCCCC5)[C@H](OC(C)=O)[C@@]4(C)CCC3[C@@]2(C)C[C@@H]1N1CCOCC1. The molecule has 0 aromatic rings. The molecule has 0 aromatic carbocycles. The van der Waals surface area contributed by atoms with Gasteiger partial charge in [0.25, 0.3) is 0 Å². The molecule has 6 rings (SSSR count). The quantitative estimate of drug-likeness (QED) is 0.340. The van der Waals surface area contributed by atoms with Gasteiger partial charge in [0.2, 0.25) is 0 Å².